The molecule has 1 amide bonds. The fraction of sp³-hybridized carbons (Fsp3) is 0.500. The first-order valence-corrected chi connectivity index (χ1v) is 3.70. The topological polar surface area (TPSA) is 53.0 Å². The lowest BCUT2D eigenvalue weighted by Gasteiger charge is -1.99. The van der Waals surface area contributed by atoms with Crippen LogP contribution in [0.2, 0.25) is 0 Å². The molecule has 1 fully saturated rings. The van der Waals surface area contributed by atoms with Crippen molar-refractivity contribution in [2.75, 3.05) is 0 Å². The summed E-state index contributed by atoms with van der Waals surface area (Å²) in [6.45, 7) is 2.07. The molecule has 1 aliphatic heterocycles. The number of hydrogen-bond acceptors (Lipinski definition) is 2. The Bertz CT molecular complexity index is 269. The van der Waals surface area contributed by atoms with Crippen LogP contribution in [-0.4, -0.2) is 11.6 Å². The Kier molecular flexibility index (Phi) is 1.03. The molecule has 0 spiro atoms. The maximum atomic E-state index is 11.0. The van der Waals surface area contributed by atoms with Gasteiger partial charge in [-0.05, 0) is 11.8 Å². The van der Waals surface area contributed by atoms with Gasteiger partial charge in [-0.15, -0.1) is 0 Å². The van der Waals surface area contributed by atoms with Gasteiger partial charge in [-0.2, -0.15) is 0 Å². The van der Waals surface area contributed by atoms with Crippen LogP contribution < -0.4 is 5.32 Å². The first kappa shape index (κ1) is 6.58. The third-order valence-electron chi connectivity index (χ3n) is 2.55. The van der Waals surface area contributed by atoms with Crippen molar-refractivity contribution in [2.24, 2.45) is 11.3 Å². The van der Waals surface area contributed by atoms with Crippen LogP contribution in [0.4, 0.5) is 0 Å². The highest BCUT2D eigenvalue weighted by Gasteiger charge is 2.53. The molecule has 1 saturated carbocycles. The molecule has 2 rings (SSSR count). The second-order valence-corrected chi connectivity index (χ2v) is 3.48. The van der Waals surface area contributed by atoms with E-state index in [1.54, 1.807) is 6.20 Å². The Hall–Kier alpha value is -1.12. The molecule has 0 aromatic carbocycles. The summed E-state index contributed by atoms with van der Waals surface area (Å²) in [6, 6.07) is 0. The molecular weight excluding hydrogens is 140 g/mol. The summed E-state index contributed by atoms with van der Waals surface area (Å²) in [5.41, 5.74) is 0.327. The van der Waals surface area contributed by atoms with E-state index in [-0.39, 0.29) is 23.0 Å². The molecule has 0 radical (unpaired) electrons. The second-order valence-electron chi connectivity index (χ2n) is 3.48. The van der Waals surface area contributed by atoms with Crippen LogP contribution in [0.5, 0.6) is 0 Å². The Labute approximate surface area is 65.0 Å². The number of carbonyl (C=O) groups excluding carboxylic acids is 1. The fourth-order valence-corrected chi connectivity index (χ4v) is 1.54. The number of fused-ring (bicyclic) bond motifs is 1. The Balaban J connectivity index is 2.31. The molecule has 3 nitrogen and oxygen atoms in total. The predicted octanol–water partition coefficient (Wildman–Crippen LogP) is 0.676. The van der Waals surface area contributed by atoms with E-state index in [1.807, 2.05) is 6.08 Å². The quantitative estimate of drug-likeness (QED) is 0.524. The number of carbonyl (C=O) groups is 1. The largest absolute Gasteiger partial charge is 0.328 e. The summed E-state index contributed by atoms with van der Waals surface area (Å²) in [6.07, 6.45) is 4.59. The number of rotatable bonds is 0. The second kappa shape index (κ2) is 1.72. The average molecular weight is 150 g/mol. The normalized spacial score (nSPS) is 41.0. The average Bonchev–Trinajstić information content (AvgIpc) is 2.60. The summed E-state index contributed by atoms with van der Waals surface area (Å²) < 4.78 is 0. The predicted molar refractivity (Wildman–Crippen MR) is 41.2 cm³/mol. The first-order valence-electron chi connectivity index (χ1n) is 3.70. The van der Waals surface area contributed by atoms with Gasteiger partial charge >= 0.3 is 0 Å². The van der Waals surface area contributed by atoms with E-state index < -0.39 is 0 Å². The highest BCUT2D eigenvalue weighted by atomic mass is 16.1. The monoisotopic (exact) mass is 150 g/mol. The van der Waals surface area contributed by atoms with Gasteiger partial charge in [-0.3, -0.25) is 10.2 Å². The fourth-order valence-electron chi connectivity index (χ4n) is 1.54. The zero-order valence-corrected chi connectivity index (χ0v) is 6.35. The number of amides is 1. The lowest BCUT2D eigenvalue weighted by atomic mass is 10.1. The minimum absolute atomic E-state index is 0.0935. The number of hydrogen-bond donors (Lipinski definition) is 2. The highest BCUT2D eigenvalue weighted by Crippen LogP contribution is 2.54. The summed E-state index contributed by atoms with van der Waals surface area (Å²) >= 11 is 0. The molecule has 58 valence electrons. The van der Waals surface area contributed by atoms with Crippen LogP contribution in [0.15, 0.2) is 12.3 Å². The maximum Gasteiger partial charge on any atom is 0.269 e. The van der Waals surface area contributed by atoms with Gasteiger partial charge in [0.2, 0.25) is 0 Å². The lowest BCUT2D eigenvalue weighted by Crippen LogP contribution is -2.26. The summed E-state index contributed by atoms with van der Waals surface area (Å²) in [7, 11) is 0. The van der Waals surface area contributed by atoms with Crippen LogP contribution in [0.25, 0.3) is 0 Å². The van der Waals surface area contributed by atoms with Crippen molar-refractivity contribution in [2.45, 2.75) is 13.3 Å². The van der Waals surface area contributed by atoms with Gasteiger partial charge in [0.1, 0.15) is 5.71 Å². The molecule has 11 heavy (non-hydrogen) atoms. The van der Waals surface area contributed by atoms with Crippen LogP contribution in [-0.2, 0) is 4.79 Å². The Morgan fingerprint density at radius 2 is 2.55 bits per heavy atom. The lowest BCUT2D eigenvalue weighted by molar-refractivity contribution is -0.114. The molecular formula is C8H10N2O. The molecule has 1 heterocycles. The standard InChI is InChI=1S/C8H10N2O/c1-8-2-3-10-7(11)6(9)5(8)4-8/h2-3,5,9H,4H2,1H3,(H,10,11). The van der Waals surface area contributed by atoms with Crippen molar-refractivity contribution in [3.63, 3.8) is 0 Å². The molecule has 0 saturated heterocycles. The molecule has 0 bridgehead atoms. The van der Waals surface area contributed by atoms with Crippen LogP contribution in [0, 0.1) is 16.7 Å². The van der Waals surface area contributed by atoms with E-state index in [2.05, 4.69) is 12.2 Å². The minimum Gasteiger partial charge on any atom is -0.328 e. The summed E-state index contributed by atoms with van der Waals surface area (Å²) in [4.78, 5) is 11.0. The van der Waals surface area contributed by atoms with Crippen LogP contribution >= 0.6 is 0 Å². The van der Waals surface area contributed by atoms with Crippen molar-refractivity contribution in [1.29, 1.82) is 5.41 Å². The Morgan fingerprint density at radius 1 is 1.82 bits per heavy atom. The minimum atomic E-state index is -0.243. The van der Waals surface area contributed by atoms with Crippen molar-refractivity contribution in [3.8, 4) is 0 Å². The van der Waals surface area contributed by atoms with E-state index in [9.17, 15) is 4.79 Å². The van der Waals surface area contributed by atoms with E-state index in [4.69, 9.17) is 5.41 Å². The van der Waals surface area contributed by atoms with Crippen molar-refractivity contribution >= 4 is 11.6 Å². The van der Waals surface area contributed by atoms with Crippen molar-refractivity contribution < 1.29 is 4.79 Å². The zero-order chi connectivity index (χ0) is 8.06. The van der Waals surface area contributed by atoms with Gasteiger partial charge in [0.25, 0.3) is 5.91 Å². The molecule has 2 atom stereocenters. The molecule has 0 aromatic rings. The van der Waals surface area contributed by atoms with Crippen molar-refractivity contribution in [1.82, 2.24) is 5.32 Å². The van der Waals surface area contributed by atoms with Gasteiger partial charge < -0.3 is 5.32 Å². The third kappa shape index (κ3) is 0.803. The van der Waals surface area contributed by atoms with E-state index in [0.29, 0.717) is 0 Å². The molecule has 1 aliphatic carbocycles. The molecule has 2 unspecified atom stereocenters. The molecule has 2 aliphatic rings. The van der Waals surface area contributed by atoms with E-state index >= 15 is 0 Å². The molecule has 3 heteroatoms. The maximum absolute atomic E-state index is 11.0. The van der Waals surface area contributed by atoms with Gasteiger partial charge in [0.15, 0.2) is 0 Å². The van der Waals surface area contributed by atoms with Crippen LogP contribution in [0.3, 0.4) is 0 Å². The summed E-state index contributed by atoms with van der Waals surface area (Å²) in [5, 5.41) is 9.99. The SMILES string of the molecule is CC12C=CNC(=O)C(=N)C1C2. The number of allylic oxidation sites excluding steroid dienone is 1. The van der Waals surface area contributed by atoms with Gasteiger partial charge in [0, 0.05) is 12.1 Å². The zero-order valence-electron chi connectivity index (χ0n) is 6.35. The number of nitrogens with one attached hydrogen (secondary N) is 2. The van der Waals surface area contributed by atoms with Crippen molar-refractivity contribution in [3.05, 3.63) is 12.3 Å². The third-order valence-corrected chi connectivity index (χ3v) is 2.55. The van der Waals surface area contributed by atoms with Crippen LogP contribution in [0.1, 0.15) is 13.3 Å². The van der Waals surface area contributed by atoms with Gasteiger partial charge in [0.05, 0.1) is 0 Å². The first-order chi connectivity index (χ1) is 5.13. The Morgan fingerprint density at radius 3 is 3.27 bits per heavy atom. The van der Waals surface area contributed by atoms with E-state index in [0.717, 1.165) is 6.42 Å². The van der Waals surface area contributed by atoms with E-state index in [1.165, 1.54) is 0 Å². The highest BCUT2D eigenvalue weighted by molar-refractivity contribution is 6.39. The molecule has 0 aromatic heterocycles. The van der Waals surface area contributed by atoms with Gasteiger partial charge in [-0.1, -0.05) is 13.0 Å². The summed E-state index contributed by atoms with van der Waals surface area (Å²) in [5.74, 6) is -0.0753. The molecule has 2 N–H and O–H groups in total. The smallest absolute Gasteiger partial charge is 0.269 e. The van der Waals surface area contributed by atoms with Gasteiger partial charge in [-0.25, -0.2) is 0 Å².